The fraction of sp³-hybridized carbons (Fsp3) is 0.0606. The fourth-order valence-electron chi connectivity index (χ4n) is 5.67. The van der Waals surface area contributed by atoms with Gasteiger partial charge in [-0.2, -0.15) is 0 Å². The predicted molar refractivity (Wildman–Crippen MR) is 156 cm³/mol. The monoisotopic (exact) mass is 543 g/mol. The Morgan fingerprint density at radius 2 is 1.17 bits per heavy atom. The smallest absolute Gasteiger partial charge is 0.0812 e. The summed E-state index contributed by atoms with van der Waals surface area (Å²) in [6, 6.07) is 37.0. The highest BCUT2D eigenvalue weighted by molar-refractivity contribution is 9.10. The Labute approximate surface area is 223 Å². The molecule has 1 heterocycles. The van der Waals surface area contributed by atoms with Crippen molar-refractivity contribution in [3.63, 3.8) is 0 Å². The van der Waals surface area contributed by atoms with Crippen LogP contribution >= 0.6 is 27.3 Å². The minimum atomic E-state index is 1.01. The molecule has 0 spiro atoms. The van der Waals surface area contributed by atoms with E-state index in [0.717, 1.165) is 18.4 Å². The Morgan fingerprint density at radius 3 is 1.94 bits per heavy atom. The normalized spacial score (nSPS) is 12.4. The van der Waals surface area contributed by atoms with Crippen LogP contribution in [0.2, 0.25) is 0 Å². The van der Waals surface area contributed by atoms with Crippen molar-refractivity contribution in [1.29, 1.82) is 0 Å². The van der Waals surface area contributed by atoms with Gasteiger partial charge in [-0.05, 0) is 81.1 Å². The molecule has 2 aliphatic rings. The van der Waals surface area contributed by atoms with Gasteiger partial charge in [-0.15, -0.1) is 11.3 Å². The second-order valence-corrected chi connectivity index (χ2v) is 11.0. The Bertz CT molecular complexity index is 1730. The van der Waals surface area contributed by atoms with Crippen molar-refractivity contribution in [2.45, 2.75) is 12.8 Å². The van der Waals surface area contributed by atoms with Gasteiger partial charge in [0.15, 0.2) is 0 Å². The van der Waals surface area contributed by atoms with Crippen molar-refractivity contribution in [2.75, 3.05) is 0 Å². The molecule has 0 saturated carbocycles. The fourth-order valence-corrected chi connectivity index (χ4v) is 6.93. The van der Waals surface area contributed by atoms with Gasteiger partial charge in [-0.25, -0.2) is 4.98 Å². The van der Waals surface area contributed by atoms with Crippen LogP contribution in [0.25, 0.3) is 43.6 Å². The van der Waals surface area contributed by atoms with Gasteiger partial charge in [0.2, 0.25) is 0 Å². The van der Waals surface area contributed by atoms with Gasteiger partial charge in [0.1, 0.15) is 0 Å². The Kier molecular flexibility index (Phi) is 5.34. The molecule has 0 atom stereocenters. The van der Waals surface area contributed by atoms with E-state index in [-0.39, 0.29) is 0 Å². The summed E-state index contributed by atoms with van der Waals surface area (Å²) in [5.41, 5.74) is 17.0. The molecule has 36 heavy (non-hydrogen) atoms. The van der Waals surface area contributed by atoms with Crippen LogP contribution in [0.1, 0.15) is 22.3 Å². The van der Waals surface area contributed by atoms with Crippen molar-refractivity contribution >= 4 is 37.5 Å². The van der Waals surface area contributed by atoms with E-state index >= 15 is 0 Å². The maximum atomic E-state index is 4.14. The highest BCUT2D eigenvalue weighted by Crippen LogP contribution is 2.48. The molecule has 0 unspecified atom stereocenters. The zero-order valence-corrected chi connectivity index (χ0v) is 21.9. The molecule has 0 radical (unpaired) electrons. The summed E-state index contributed by atoms with van der Waals surface area (Å²) in [6.45, 7) is 0. The summed E-state index contributed by atoms with van der Waals surface area (Å²) in [4.78, 5) is 4.14. The van der Waals surface area contributed by atoms with Crippen LogP contribution in [-0.2, 0) is 12.8 Å². The molecular weight excluding hydrogens is 522 g/mol. The summed E-state index contributed by atoms with van der Waals surface area (Å²) in [6.07, 6.45) is 2.03. The Balaban J connectivity index is 0.000000206. The SMILES string of the molecule is Brc1ccc2c(c1-c1cccc3c1Cc1ccccc1-3)Cc1ccccc1-2.c1ccc2scnc2c1. The summed E-state index contributed by atoms with van der Waals surface area (Å²) < 4.78 is 2.45. The van der Waals surface area contributed by atoms with Crippen molar-refractivity contribution in [3.05, 3.63) is 135 Å². The molecule has 1 aromatic heterocycles. The van der Waals surface area contributed by atoms with Crippen LogP contribution < -0.4 is 0 Å². The van der Waals surface area contributed by atoms with Crippen molar-refractivity contribution in [3.8, 4) is 33.4 Å². The van der Waals surface area contributed by atoms with Gasteiger partial charge in [0.05, 0.1) is 15.7 Å². The molecule has 1 nitrogen and oxygen atoms in total. The summed E-state index contributed by atoms with van der Waals surface area (Å²) in [5.74, 6) is 0. The molecule has 5 aromatic carbocycles. The van der Waals surface area contributed by atoms with Crippen molar-refractivity contribution < 1.29 is 0 Å². The van der Waals surface area contributed by atoms with E-state index in [1.165, 1.54) is 64.8 Å². The predicted octanol–water partition coefficient (Wildman–Crippen LogP) is 9.55. The molecule has 0 fully saturated rings. The van der Waals surface area contributed by atoms with Crippen LogP contribution in [0.4, 0.5) is 0 Å². The highest BCUT2D eigenvalue weighted by Gasteiger charge is 2.27. The van der Waals surface area contributed by atoms with Gasteiger partial charge in [-0.3, -0.25) is 0 Å². The number of rotatable bonds is 1. The molecule has 0 amide bonds. The Morgan fingerprint density at radius 1 is 0.556 bits per heavy atom. The number of fused-ring (bicyclic) bond motifs is 7. The lowest BCUT2D eigenvalue weighted by atomic mass is 9.90. The maximum Gasteiger partial charge on any atom is 0.0812 e. The van der Waals surface area contributed by atoms with Crippen LogP contribution in [0, 0.1) is 0 Å². The third-order valence-electron chi connectivity index (χ3n) is 7.29. The first kappa shape index (κ1) is 21.7. The summed E-state index contributed by atoms with van der Waals surface area (Å²) in [7, 11) is 0. The maximum absolute atomic E-state index is 4.14. The average molecular weight is 545 g/mol. The van der Waals surface area contributed by atoms with E-state index in [4.69, 9.17) is 0 Å². The number of thiazole rings is 1. The van der Waals surface area contributed by atoms with Crippen molar-refractivity contribution in [2.24, 2.45) is 0 Å². The lowest BCUT2D eigenvalue weighted by Crippen LogP contribution is -1.94. The molecule has 2 aliphatic carbocycles. The minimum Gasteiger partial charge on any atom is -0.245 e. The lowest BCUT2D eigenvalue weighted by Gasteiger charge is -2.15. The van der Waals surface area contributed by atoms with Gasteiger partial charge >= 0.3 is 0 Å². The van der Waals surface area contributed by atoms with Gasteiger partial charge in [0.25, 0.3) is 0 Å². The number of aromatic nitrogens is 1. The zero-order valence-electron chi connectivity index (χ0n) is 19.5. The quantitative estimate of drug-likeness (QED) is 0.201. The molecule has 0 saturated heterocycles. The highest BCUT2D eigenvalue weighted by atomic mass is 79.9. The number of nitrogens with zero attached hydrogens (tertiary/aromatic N) is 1. The molecule has 0 aliphatic heterocycles. The topological polar surface area (TPSA) is 12.9 Å². The molecule has 6 aromatic rings. The third-order valence-corrected chi connectivity index (χ3v) is 8.76. The second kappa shape index (κ2) is 8.85. The number of para-hydroxylation sites is 1. The molecule has 0 bridgehead atoms. The molecule has 3 heteroatoms. The molecule has 0 N–H and O–H groups in total. The number of hydrogen-bond acceptors (Lipinski definition) is 2. The van der Waals surface area contributed by atoms with E-state index in [1.807, 2.05) is 23.7 Å². The van der Waals surface area contributed by atoms with Crippen LogP contribution in [0.15, 0.2) is 113 Å². The minimum absolute atomic E-state index is 1.01. The lowest BCUT2D eigenvalue weighted by molar-refractivity contribution is 1.23. The van der Waals surface area contributed by atoms with E-state index < -0.39 is 0 Å². The van der Waals surface area contributed by atoms with E-state index in [0.29, 0.717) is 0 Å². The average Bonchev–Trinajstić information content (AvgIpc) is 3.64. The van der Waals surface area contributed by atoms with Crippen LogP contribution in [0.3, 0.4) is 0 Å². The summed E-state index contributed by atoms with van der Waals surface area (Å²) in [5, 5.41) is 0. The molecule has 8 rings (SSSR count). The number of benzene rings is 5. The zero-order chi connectivity index (χ0) is 24.1. The third kappa shape index (κ3) is 3.54. The van der Waals surface area contributed by atoms with E-state index in [9.17, 15) is 0 Å². The van der Waals surface area contributed by atoms with Gasteiger partial charge < -0.3 is 0 Å². The van der Waals surface area contributed by atoms with Gasteiger partial charge in [-0.1, -0.05) is 101 Å². The van der Waals surface area contributed by atoms with Crippen LogP contribution in [0.5, 0.6) is 0 Å². The largest absolute Gasteiger partial charge is 0.245 e. The first-order valence-electron chi connectivity index (χ1n) is 12.2. The van der Waals surface area contributed by atoms with Crippen LogP contribution in [-0.4, -0.2) is 4.98 Å². The van der Waals surface area contributed by atoms with E-state index in [2.05, 4.69) is 106 Å². The second-order valence-electron chi connectivity index (χ2n) is 9.27. The van der Waals surface area contributed by atoms with E-state index in [1.54, 1.807) is 11.3 Å². The Hall–Kier alpha value is -3.53. The first-order chi connectivity index (χ1) is 17.8. The summed E-state index contributed by atoms with van der Waals surface area (Å²) >= 11 is 5.55. The number of hydrogen-bond donors (Lipinski definition) is 0. The molecular formula is C33H22BrNS. The number of halogens is 1. The molecule has 172 valence electrons. The first-order valence-corrected chi connectivity index (χ1v) is 13.8. The van der Waals surface area contributed by atoms with Gasteiger partial charge in [0, 0.05) is 10.0 Å². The standard InChI is InChI=1S/C26H17Br.C7H5NS/c27-25-13-12-21-19-9-4-2-7-17(19)15-24(21)26(25)22-11-5-10-20-18-8-3-1-6-16(18)14-23(20)22;1-2-4-7-6(3-1)8-5-9-7/h1-13H,14-15H2;1-5H. The van der Waals surface area contributed by atoms with Crippen molar-refractivity contribution in [1.82, 2.24) is 4.98 Å².